The molecule has 0 heterocycles. The van der Waals surface area contributed by atoms with Crippen molar-refractivity contribution >= 4 is 0 Å². The number of hydrogen-bond acceptors (Lipinski definition) is 0. The fraction of sp³-hybridized carbons (Fsp3) is 0.636. The molecular formula is C11H14. The van der Waals surface area contributed by atoms with Crippen molar-refractivity contribution in [3.8, 4) is 23.7 Å². The molecule has 0 nitrogen and oxygen atoms in total. The van der Waals surface area contributed by atoms with E-state index in [1.165, 1.54) is 25.7 Å². The molecule has 11 heavy (non-hydrogen) atoms. The summed E-state index contributed by atoms with van der Waals surface area (Å²) in [4.78, 5) is 0. The molecule has 0 aliphatic heterocycles. The van der Waals surface area contributed by atoms with Gasteiger partial charge < -0.3 is 0 Å². The molecule has 1 aliphatic carbocycles. The van der Waals surface area contributed by atoms with Gasteiger partial charge in [0, 0.05) is 6.42 Å². The van der Waals surface area contributed by atoms with Crippen molar-refractivity contribution in [1.29, 1.82) is 0 Å². The predicted octanol–water partition coefficient (Wildman–Crippen LogP) is 2.59. The molecule has 58 valence electrons. The van der Waals surface area contributed by atoms with Crippen molar-refractivity contribution in [2.24, 2.45) is 5.92 Å². The fourth-order valence-corrected chi connectivity index (χ4v) is 1.52. The molecule has 0 amide bonds. The van der Waals surface area contributed by atoms with Crippen LogP contribution in [0.4, 0.5) is 0 Å². The van der Waals surface area contributed by atoms with Crippen LogP contribution in [0, 0.1) is 29.6 Å². The maximum Gasteiger partial charge on any atom is 0.0127 e. The summed E-state index contributed by atoms with van der Waals surface area (Å²) in [5, 5.41) is 0. The van der Waals surface area contributed by atoms with Crippen molar-refractivity contribution in [1.82, 2.24) is 0 Å². The maximum absolute atomic E-state index is 3.10. The van der Waals surface area contributed by atoms with Crippen LogP contribution >= 0.6 is 0 Å². The summed E-state index contributed by atoms with van der Waals surface area (Å²) < 4.78 is 0. The van der Waals surface area contributed by atoms with Gasteiger partial charge in [-0.25, -0.2) is 0 Å². The van der Waals surface area contributed by atoms with Crippen LogP contribution in [0.25, 0.3) is 0 Å². The highest BCUT2D eigenvalue weighted by Gasteiger charge is 2.12. The maximum atomic E-state index is 3.10. The Morgan fingerprint density at radius 3 is 2.55 bits per heavy atom. The quantitative estimate of drug-likeness (QED) is 0.499. The third-order valence-electron chi connectivity index (χ3n) is 2.14. The molecular weight excluding hydrogens is 132 g/mol. The normalized spacial score (nSPS) is 16.5. The van der Waals surface area contributed by atoms with E-state index < -0.39 is 0 Å². The number of hydrogen-bond donors (Lipinski definition) is 0. The van der Waals surface area contributed by atoms with Gasteiger partial charge in [0.1, 0.15) is 0 Å². The van der Waals surface area contributed by atoms with E-state index >= 15 is 0 Å². The van der Waals surface area contributed by atoms with Crippen molar-refractivity contribution in [2.45, 2.75) is 39.0 Å². The number of rotatable bonds is 1. The van der Waals surface area contributed by atoms with E-state index in [4.69, 9.17) is 0 Å². The first-order valence-corrected chi connectivity index (χ1v) is 4.33. The van der Waals surface area contributed by atoms with E-state index in [0.717, 1.165) is 12.3 Å². The standard InChI is InChI=1S/C11H14/c1-2-3-4-5-8-11-9-6-7-10-11/h11H,6-10H2,1H3. The average molecular weight is 146 g/mol. The van der Waals surface area contributed by atoms with Gasteiger partial charge in [-0.3, -0.25) is 0 Å². The van der Waals surface area contributed by atoms with Gasteiger partial charge in [0.25, 0.3) is 0 Å². The lowest BCUT2D eigenvalue weighted by Gasteiger charge is -1.99. The second-order valence-electron chi connectivity index (χ2n) is 3.03. The first-order chi connectivity index (χ1) is 5.43. The van der Waals surface area contributed by atoms with E-state index in [9.17, 15) is 0 Å². The Balaban J connectivity index is 2.20. The predicted molar refractivity (Wildman–Crippen MR) is 47.8 cm³/mol. The Kier molecular flexibility index (Phi) is 3.63. The van der Waals surface area contributed by atoms with Crippen LogP contribution < -0.4 is 0 Å². The van der Waals surface area contributed by atoms with Crippen LogP contribution in [0.5, 0.6) is 0 Å². The highest BCUT2D eigenvalue weighted by molar-refractivity contribution is 5.24. The van der Waals surface area contributed by atoms with Crippen LogP contribution in [-0.2, 0) is 0 Å². The Hall–Kier alpha value is -0.880. The Labute approximate surface area is 69.4 Å². The molecule has 0 N–H and O–H groups in total. The highest BCUT2D eigenvalue weighted by atomic mass is 14.2. The first-order valence-electron chi connectivity index (χ1n) is 4.33. The van der Waals surface area contributed by atoms with Crippen LogP contribution in [0.3, 0.4) is 0 Å². The van der Waals surface area contributed by atoms with Crippen molar-refractivity contribution in [3.05, 3.63) is 0 Å². The molecule has 0 radical (unpaired) electrons. The molecule has 1 rings (SSSR count). The molecule has 0 aromatic heterocycles. The topological polar surface area (TPSA) is 0 Å². The van der Waals surface area contributed by atoms with Crippen LogP contribution in [0.2, 0.25) is 0 Å². The largest absolute Gasteiger partial charge is 0.0925 e. The van der Waals surface area contributed by atoms with E-state index in [1.54, 1.807) is 0 Å². The lowest BCUT2D eigenvalue weighted by Crippen LogP contribution is -1.88. The lowest BCUT2D eigenvalue weighted by atomic mass is 10.1. The van der Waals surface area contributed by atoms with Crippen molar-refractivity contribution < 1.29 is 0 Å². The fourth-order valence-electron chi connectivity index (χ4n) is 1.52. The van der Waals surface area contributed by atoms with Crippen LogP contribution in [-0.4, -0.2) is 0 Å². The third kappa shape index (κ3) is 3.15. The van der Waals surface area contributed by atoms with Crippen LogP contribution in [0.1, 0.15) is 39.0 Å². The summed E-state index contributed by atoms with van der Waals surface area (Å²) in [7, 11) is 0. The summed E-state index contributed by atoms with van der Waals surface area (Å²) >= 11 is 0. The second kappa shape index (κ2) is 4.86. The molecule has 1 fully saturated rings. The SMILES string of the molecule is CC#CC#CCC1CCCC1. The zero-order chi connectivity index (χ0) is 7.94. The molecule has 0 heteroatoms. The van der Waals surface area contributed by atoms with Gasteiger partial charge in [0.05, 0.1) is 0 Å². The summed E-state index contributed by atoms with van der Waals surface area (Å²) in [5.74, 6) is 12.4. The van der Waals surface area contributed by atoms with Gasteiger partial charge in [-0.15, -0.1) is 0 Å². The summed E-state index contributed by atoms with van der Waals surface area (Å²) in [6.45, 7) is 1.82. The minimum absolute atomic E-state index is 0.876. The van der Waals surface area contributed by atoms with Gasteiger partial charge in [-0.1, -0.05) is 24.7 Å². The zero-order valence-electron chi connectivity index (χ0n) is 7.11. The second-order valence-corrected chi connectivity index (χ2v) is 3.03. The van der Waals surface area contributed by atoms with Gasteiger partial charge >= 0.3 is 0 Å². The van der Waals surface area contributed by atoms with E-state index in [2.05, 4.69) is 23.7 Å². The van der Waals surface area contributed by atoms with E-state index in [0.29, 0.717) is 0 Å². The van der Waals surface area contributed by atoms with Gasteiger partial charge in [-0.2, -0.15) is 0 Å². The molecule has 1 aliphatic rings. The molecule has 1 saturated carbocycles. The van der Waals surface area contributed by atoms with Gasteiger partial charge in [-0.05, 0) is 37.5 Å². The Morgan fingerprint density at radius 2 is 1.91 bits per heavy atom. The molecule has 0 spiro atoms. The zero-order valence-corrected chi connectivity index (χ0v) is 7.11. The van der Waals surface area contributed by atoms with Crippen molar-refractivity contribution in [2.75, 3.05) is 0 Å². The van der Waals surface area contributed by atoms with E-state index in [1.807, 2.05) is 6.92 Å². The first kappa shape index (κ1) is 8.22. The smallest absolute Gasteiger partial charge is 0.0127 e. The summed E-state index contributed by atoms with van der Waals surface area (Å²) in [6, 6.07) is 0. The van der Waals surface area contributed by atoms with E-state index in [-0.39, 0.29) is 0 Å². The molecule has 0 atom stereocenters. The third-order valence-corrected chi connectivity index (χ3v) is 2.14. The minimum atomic E-state index is 0.876. The molecule has 0 unspecified atom stereocenters. The summed E-state index contributed by atoms with van der Waals surface area (Å²) in [5.41, 5.74) is 0. The highest BCUT2D eigenvalue weighted by Crippen LogP contribution is 2.26. The molecule has 0 saturated heterocycles. The lowest BCUT2D eigenvalue weighted by molar-refractivity contribution is 0.567. The molecule has 0 aromatic carbocycles. The summed E-state index contributed by atoms with van der Waals surface area (Å²) in [6.07, 6.45) is 6.65. The van der Waals surface area contributed by atoms with Crippen molar-refractivity contribution in [3.63, 3.8) is 0 Å². The van der Waals surface area contributed by atoms with Gasteiger partial charge in [0.15, 0.2) is 0 Å². The molecule has 0 aromatic rings. The molecule has 0 bridgehead atoms. The monoisotopic (exact) mass is 146 g/mol. The van der Waals surface area contributed by atoms with Crippen LogP contribution in [0.15, 0.2) is 0 Å². The Morgan fingerprint density at radius 1 is 1.18 bits per heavy atom. The van der Waals surface area contributed by atoms with Gasteiger partial charge in [0.2, 0.25) is 0 Å². The average Bonchev–Trinajstić information content (AvgIpc) is 2.50. The minimum Gasteiger partial charge on any atom is -0.0925 e. The Bertz CT molecular complexity index is 210.